The lowest BCUT2D eigenvalue weighted by Crippen LogP contribution is -2.35. The van der Waals surface area contributed by atoms with Crippen molar-refractivity contribution in [3.63, 3.8) is 0 Å². The first kappa shape index (κ1) is 21.0. The van der Waals surface area contributed by atoms with Crippen LogP contribution in [0.15, 0.2) is 54.9 Å². The molecule has 160 valence electrons. The highest BCUT2D eigenvalue weighted by Crippen LogP contribution is 2.41. The van der Waals surface area contributed by atoms with Gasteiger partial charge in [0.05, 0.1) is 24.4 Å². The molecule has 31 heavy (non-hydrogen) atoms. The van der Waals surface area contributed by atoms with E-state index in [-0.39, 0.29) is 24.6 Å². The van der Waals surface area contributed by atoms with Gasteiger partial charge in [0.2, 0.25) is 0 Å². The number of ether oxygens (including phenoxy) is 1. The number of carbonyl (C=O) groups excluding carboxylic acids is 1. The molecule has 0 saturated carbocycles. The molecular weight excluding hydrogens is 410 g/mol. The summed E-state index contributed by atoms with van der Waals surface area (Å²) < 4.78 is 7.33. The Morgan fingerprint density at radius 1 is 1.16 bits per heavy atom. The van der Waals surface area contributed by atoms with E-state index in [2.05, 4.69) is 39.8 Å². The van der Waals surface area contributed by atoms with Crippen LogP contribution in [0, 0.1) is 13.8 Å². The molecule has 3 aromatic heterocycles. The third-order valence-corrected chi connectivity index (χ3v) is 5.82. The van der Waals surface area contributed by atoms with Crippen LogP contribution in [-0.2, 0) is 9.53 Å². The summed E-state index contributed by atoms with van der Waals surface area (Å²) in [6, 6.07) is 13.4. The van der Waals surface area contributed by atoms with Gasteiger partial charge in [0.25, 0.3) is 0 Å². The molecule has 0 radical (unpaired) electrons. The summed E-state index contributed by atoms with van der Waals surface area (Å²) in [6.07, 6.45) is 3.55. The summed E-state index contributed by atoms with van der Waals surface area (Å²) >= 11 is 5.63. The fourth-order valence-corrected chi connectivity index (χ4v) is 4.49. The van der Waals surface area contributed by atoms with Gasteiger partial charge in [-0.2, -0.15) is 0 Å². The van der Waals surface area contributed by atoms with Crippen LogP contribution in [0.3, 0.4) is 0 Å². The number of esters is 1. The second-order valence-electron chi connectivity index (χ2n) is 7.41. The van der Waals surface area contributed by atoms with Gasteiger partial charge in [0, 0.05) is 23.8 Å². The van der Waals surface area contributed by atoms with Crippen molar-refractivity contribution in [2.45, 2.75) is 32.9 Å². The van der Waals surface area contributed by atoms with Crippen LogP contribution in [0.4, 0.5) is 0 Å². The van der Waals surface area contributed by atoms with Crippen LogP contribution >= 0.6 is 12.2 Å². The van der Waals surface area contributed by atoms with Gasteiger partial charge in [-0.3, -0.25) is 9.78 Å². The fourth-order valence-electron chi connectivity index (χ4n) is 4.19. The van der Waals surface area contributed by atoms with Crippen LogP contribution in [0.2, 0.25) is 0 Å². The quantitative estimate of drug-likeness (QED) is 0.470. The minimum absolute atomic E-state index is 0.0704. The monoisotopic (exact) mass is 435 g/mol. The van der Waals surface area contributed by atoms with Gasteiger partial charge in [-0.05, 0) is 68.9 Å². The van der Waals surface area contributed by atoms with Gasteiger partial charge >= 0.3 is 5.97 Å². The van der Waals surface area contributed by atoms with E-state index in [4.69, 9.17) is 17.0 Å². The van der Waals surface area contributed by atoms with Crippen LogP contribution in [-0.4, -0.2) is 43.7 Å². The van der Waals surface area contributed by atoms with Gasteiger partial charge in [-0.1, -0.05) is 12.1 Å². The van der Waals surface area contributed by atoms with Gasteiger partial charge in [0.15, 0.2) is 5.11 Å². The van der Waals surface area contributed by atoms with E-state index < -0.39 is 0 Å². The summed E-state index contributed by atoms with van der Waals surface area (Å²) in [5.41, 5.74) is 4.03. The van der Waals surface area contributed by atoms with E-state index in [1.165, 1.54) is 0 Å². The van der Waals surface area contributed by atoms with E-state index in [0.29, 0.717) is 11.7 Å². The van der Waals surface area contributed by atoms with E-state index in [9.17, 15) is 4.79 Å². The Bertz CT molecular complexity index is 1080. The molecule has 1 saturated heterocycles. The van der Waals surface area contributed by atoms with E-state index in [1.54, 1.807) is 19.3 Å². The molecule has 3 aromatic rings. The molecule has 2 atom stereocenters. The van der Waals surface area contributed by atoms with Gasteiger partial charge in [-0.25, -0.2) is 4.98 Å². The molecule has 2 unspecified atom stereocenters. The minimum atomic E-state index is -0.308. The highest BCUT2D eigenvalue weighted by atomic mass is 32.1. The molecule has 7 nitrogen and oxygen atoms in total. The van der Waals surface area contributed by atoms with Crippen molar-refractivity contribution in [1.82, 2.24) is 24.8 Å². The normalized spacial score (nSPS) is 18.2. The number of aryl methyl sites for hydroxylation is 1. The average Bonchev–Trinajstić information content (AvgIpc) is 3.25. The van der Waals surface area contributed by atoms with E-state index >= 15 is 0 Å². The second-order valence-corrected chi connectivity index (χ2v) is 7.80. The zero-order valence-corrected chi connectivity index (χ0v) is 18.6. The first-order valence-corrected chi connectivity index (χ1v) is 10.7. The highest BCUT2D eigenvalue weighted by molar-refractivity contribution is 7.80. The number of aromatic nitrogens is 3. The topological polar surface area (TPSA) is 72.3 Å². The summed E-state index contributed by atoms with van der Waals surface area (Å²) in [4.78, 5) is 23.3. The lowest BCUT2D eigenvalue weighted by Gasteiger charge is -2.27. The average molecular weight is 436 g/mol. The third kappa shape index (κ3) is 4.03. The molecule has 0 bridgehead atoms. The Balaban J connectivity index is 1.81. The van der Waals surface area contributed by atoms with Crippen molar-refractivity contribution < 1.29 is 9.53 Å². The Labute approximate surface area is 187 Å². The molecule has 0 aromatic carbocycles. The van der Waals surface area contributed by atoms with E-state index in [0.717, 1.165) is 28.5 Å². The van der Waals surface area contributed by atoms with Gasteiger partial charge < -0.3 is 19.5 Å². The standard InChI is InChI=1S/C23H25N5O2S/c1-4-30-20(29)14-27-22(21(26-23(27)31)18-9-5-7-11-24-18)17-13-15(2)28(16(17)3)19-10-6-8-12-25-19/h5-13,21-22H,4,14H2,1-3H3,(H,26,31). The van der Waals surface area contributed by atoms with Gasteiger partial charge in [0.1, 0.15) is 12.4 Å². The summed E-state index contributed by atoms with van der Waals surface area (Å²) in [5.74, 6) is 0.542. The molecule has 4 rings (SSSR count). The largest absolute Gasteiger partial charge is 0.465 e. The zero-order chi connectivity index (χ0) is 22.0. The maximum absolute atomic E-state index is 12.4. The van der Waals surface area contributed by atoms with E-state index in [1.807, 2.05) is 41.3 Å². The number of carbonyl (C=O) groups is 1. The Kier molecular flexibility index (Phi) is 5.99. The minimum Gasteiger partial charge on any atom is -0.465 e. The van der Waals surface area contributed by atoms with Crippen molar-refractivity contribution in [2.24, 2.45) is 0 Å². The summed E-state index contributed by atoms with van der Waals surface area (Å²) in [5, 5.41) is 3.88. The van der Waals surface area contributed by atoms with Crippen molar-refractivity contribution in [2.75, 3.05) is 13.2 Å². The van der Waals surface area contributed by atoms with Crippen molar-refractivity contribution in [3.8, 4) is 5.82 Å². The smallest absolute Gasteiger partial charge is 0.325 e. The molecule has 4 heterocycles. The predicted octanol–water partition coefficient (Wildman–Crippen LogP) is 3.42. The molecule has 1 aliphatic rings. The maximum atomic E-state index is 12.4. The number of hydrogen-bond donors (Lipinski definition) is 1. The number of rotatable bonds is 6. The molecule has 0 spiro atoms. The number of nitrogens with one attached hydrogen (secondary N) is 1. The van der Waals surface area contributed by atoms with Crippen molar-refractivity contribution in [1.29, 1.82) is 0 Å². The molecule has 1 aliphatic heterocycles. The highest BCUT2D eigenvalue weighted by Gasteiger charge is 2.42. The van der Waals surface area contributed by atoms with Crippen LogP contribution in [0.1, 0.15) is 41.7 Å². The number of thiocarbonyl (C=S) groups is 1. The number of pyridine rings is 2. The Morgan fingerprint density at radius 3 is 2.55 bits per heavy atom. The van der Waals surface area contributed by atoms with Gasteiger partial charge in [-0.15, -0.1) is 0 Å². The lowest BCUT2D eigenvalue weighted by atomic mass is 9.97. The number of hydrogen-bond acceptors (Lipinski definition) is 5. The Morgan fingerprint density at radius 2 is 1.90 bits per heavy atom. The predicted molar refractivity (Wildman–Crippen MR) is 122 cm³/mol. The first-order chi connectivity index (χ1) is 15.0. The fraction of sp³-hybridized carbons (Fsp3) is 0.304. The molecule has 0 aliphatic carbocycles. The van der Waals surface area contributed by atoms with Crippen LogP contribution < -0.4 is 5.32 Å². The summed E-state index contributed by atoms with van der Waals surface area (Å²) in [7, 11) is 0. The molecule has 1 fully saturated rings. The van der Waals surface area contributed by atoms with Crippen LogP contribution in [0.5, 0.6) is 0 Å². The summed E-state index contributed by atoms with van der Waals surface area (Å²) in [6.45, 7) is 6.32. The SMILES string of the molecule is CCOC(=O)CN1C(=S)NC(c2ccccn2)C1c1cc(C)n(-c2ccccn2)c1C. The maximum Gasteiger partial charge on any atom is 0.325 e. The second kappa shape index (κ2) is 8.85. The number of nitrogens with zero attached hydrogens (tertiary/aromatic N) is 4. The first-order valence-electron chi connectivity index (χ1n) is 10.2. The van der Waals surface area contributed by atoms with Crippen molar-refractivity contribution in [3.05, 3.63) is 77.5 Å². The third-order valence-electron chi connectivity index (χ3n) is 5.47. The van der Waals surface area contributed by atoms with Crippen molar-refractivity contribution >= 4 is 23.3 Å². The molecule has 1 N–H and O–H groups in total. The zero-order valence-electron chi connectivity index (χ0n) is 17.8. The lowest BCUT2D eigenvalue weighted by molar-refractivity contribution is -0.143. The molecular formula is C23H25N5O2S. The van der Waals surface area contributed by atoms with Crippen LogP contribution in [0.25, 0.3) is 5.82 Å². The molecule has 8 heteroatoms. The Hall–Kier alpha value is -3.26. The molecule has 0 amide bonds.